The molecule has 3 nitrogen and oxygen atoms in total. The van der Waals surface area contributed by atoms with E-state index in [1.807, 2.05) is 19.2 Å². The monoisotopic (exact) mass is 205 g/mol. The summed E-state index contributed by atoms with van der Waals surface area (Å²) in [5, 5.41) is 3.49. The van der Waals surface area contributed by atoms with Crippen molar-refractivity contribution in [2.75, 3.05) is 5.32 Å². The lowest BCUT2D eigenvalue weighted by molar-refractivity contribution is 0.361. The number of nitrogens with zero attached hydrogens (tertiary/aromatic N) is 2. The summed E-state index contributed by atoms with van der Waals surface area (Å²) < 4.78 is 0. The van der Waals surface area contributed by atoms with E-state index in [1.165, 1.54) is 25.7 Å². The average Bonchev–Trinajstić information content (AvgIpc) is 2.22. The molecule has 1 saturated carbocycles. The SMILES string of the molecule is Cc1nccc(NC2CCC(C)CC2)n1. The van der Waals surface area contributed by atoms with Crippen molar-refractivity contribution in [1.29, 1.82) is 0 Å². The first-order valence-corrected chi connectivity index (χ1v) is 5.80. The zero-order chi connectivity index (χ0) is 10.7. The second kappa shape index (κ2) is 4.60. The highest BCUT2D eigenvalue weighted by molar-refractivity contribution is 5.34. The van der Waals surface area contributed by atoms with Crippen LogP contribution >= 0.6 is 0 Å². The van der Waals surface area contributed by atoms with Crippen molar-refractivity contribution in [3.05, 3.63) is 18.1 Å². The van der Waals surface area contributed by atoms with E-state index in [9.17, 15) is 0 Å². The van der Waals surface area contributed by atoms with Gasteiger partial charge < -0.3 is 5.32 Å². The Morgan fingerprint density at radius 3 is 2.67 bits per heavy atom. The zero-order valence-electron chi connectivity index (χ0n) is 9.53. The first kappa shape index (κ1) is 10.4. The summed E-state index contributed by atoms with van der Waals surface area (Å²) in [6.07, 6.45) is 7.02. The molecule has 15 heavy (non-hydrogen) atoms. The Labute approximate surface area is 91.3 Å². The zero-order valence-corrected chi connectivity index (χ0v) is 9.53. The minimum atomic E-state index is 0.607. The van der Waals surface area contributed by atoms with Crippen molar-refractivity contribution in [3.63, 3.8) is 0 Å². The molecule has 1 fully saturated rings. The molecule has 0 radical (unpaired) electrons. The molecule has 0 saturated heterocycles. The Hall–Kier alpha value is -1.12. The van der Waals surface area contributed by atoms with Crippen LogP contribution in [0.15, 0.2) is 12.3 Å². The molecule has 1 aliphatic carbocycles. The maximum absolute atomic E-state index is 4.36. The molecule has 82 valence electrons. The van der Waals surface area contributed by atoms with Gasteiger partial charge in [0.1, 0.15) is 11.6 Å². The average molecular weight is 205 g/mol. The lowest BCUT2D eigenvalue weighted by atomic mass is 9.87. The van der Waals surface area contributed by atoms with Crippen LogP contribution in [0.2, 0.25) is 0 Å². The normalized spacial score (nSPS) is 26.3. The van der Waals surface area contributed by atoms with E-state index in [0.717, 1.165) is 17.6 Å². The van der Waals surface area contributed by atoms with E-state index in [1.54, 1.807) is 0 Å². The van der Waals surface area contributed by atoms with Crippen molar-refractivity contribution in [2.24, 2.45) is 5.92 Å². The second-order valence-electron chi connectivity index (χ2n) is 4.59. The van der Waals surface area contributed by atoms with E-state index in [-0.39, 0.29) is 0 Å². The molecule has 0 amide bonds. The van der Waals surface area contributed by atoms with Crippen LogP contribution in [0.4, 0.5) is 5.82 Å². The fourth-order valence-electron chi connectivity index (χ4n) is 2.15. The van der Waals surface area contributed by atoms with Gasteiger partial charge in [-0.1, -0.05) is 6.92 Å². The molecule has 0 spiro atoms. The van der Waals surface area contributed by atoms with Crippen LogP contribution in [0.3, 0.4) is 0 Å². The molecule has 1 aromatic rings. The fourth-order valence-corrected chi connectivity index (χ4v) is 2.15. The standard InChI is InChI=1S/C12H19N3/c1-9-3-5-11(6-4-9)15-12-7-8-13-10(2)14-12/h7-9,11H,3-6H2,1-2H3,(H,13,14,15). The Kier molecular flexibility index (Phi) is 3.19. The summed E-state index contributed by atoms with van der Waals surface area (Å²) in [6.45, 7) is 4.26. The van der Waals surface area contributed by atoms with Crippen molar-refractivity contribution >= 4 is 5.82 Å². The third-order valence-corrected chi connectivity index (χ3v) is 3.14. The van der Waals surface area contributed by atoms with E-state index in [0.29, 0.717) is 6.04 Å². The Morgan fingerprint density at radius 1 is 1.27 bits per heavy atom. The highest BCUT2D eigenvalue weighted by Gasteiger charge is 2.17. The van der Waals surface area contributed by atoms with Gasteiger partial charge in [0.05, 0.1) is 0 Å². The highest BCUT2D eigenvalue weighted by atomic mass is 15.0. The first-order chi connectivity index (χ1) is 7.24. The van der Waals surface area contributed by atoms with Gasteiger partial charge in [-0.25, -0.2) is 9.97 Å². The van der Waals surface area contributed by atoms with Gasteiger partial charge in [-0.05, 0) is 44.6 Å². The number of aromatic nitrogens is 2. The molecule has 0 atom stereocenters. The van der Waals surface area contributed by atoms with E-state index in [4.69, 9.17) is 0 Å². The highest BCUT2D eigenvalue weighted by Crippen LogP contribution is 2.25. The maximum atomic E-state index is 4.36. The quantitative estimate of drug-likeness (QED) is 0.806. The molecular formula is C12H19N3. The molecule has 0 unspecified atom stereocenters. The van der Waals surface area contributed by atoms with Crippen molar-refractivity contribution in [2.45, 2.75) is 45.6 Å². The van der Waals surface area contributed by atoms with Gasteiger partial charge in [0, 0.05) is 12.2 Å². The van der Waals surface area contributed by atoms with Crippen LogP contribution in [0.5, 0.6) is 0 Å². The van der Waals surface area contributed by atoms with Gasteiger partial charge in [-0.2, -0.15) is 0 Å². The molecule has 0 aliphatic heterocycles. The third kappa shape index (κ3) is 2.91. The van der Waals surface area contributed by atoms with Crippen molar-refractivity contribution in [1.82, 2.24) is 9.97 Å². The van der Waals surface area contributed by atoms with Crippen molar-refractivity contribution < 1.29 is 0 Å². The minimum absolute atomic E-state index is 0.607. The Morgan fingerprint density at radius 2 is 2.00 bits per heavy atom. The molecule has 2 rings (SSSR count). The predicted molar refractivity (Wildman–Crippen MR) is 61.8 cm³/mol. The second-order valence-corrected chi connectivity index (χ2v) is 4.59. The molecular weight excluding hydrogens is 186 g/mol. The van der Waals surface area contributed by atoms with E-state index >= 15 is 0 Å². The Balaban J connectivity index is 1.92. The number of aryl methyl sites for hydroxylation is 1. The fraction of sp³-hybridized carbons (Fsp3) is 0.667. The summed E-state index contributed by atoms with van der Waals surface area (Å²) >= 11 is 0. The number of anilines is 1. The smallest absolute Gasteiger partial charge is 0.129 e. The lowest BCUT2D eigenvalue weighted by Crippen LogP contribution is -2.25. The van der Waals surface area contributed by atoms with Crippen LogP contribution < -0.4 is 5.32 Å². The molecule has 1 aliphatic rings. The maximum Gasteiger partial charge on any atom is 0.129 e. The minimum Gasteiger partial charge on any atom is -0.367 e. The van der Waals surface area contributed by atoms with Crippen LogP contribution in [0, 0.1) is 12.8 Å². The van der Waals surface area contributed by atoms with Gasteiger partial charge in [-0.15, -0.1) is 0 Å². The molecule has 0 bridgehead atoms. The number of hydrogen-bond acceptors (Lipinski definition) is 3. The van der Waals surface area contributed by atoms with Gasteiger partial charge >= 0.3 is 0 Å². The third-order valence-electron chi connectivity index (χ3n) is 3.14. The number of hydrogen-bond donors (Lipinski definition) is 1. The van der Waals surface area contributed by atoms with Crippen LogP contribution in [0.25, 0.3) is 0 Å². The van der Waals surface area contributed by atoms with Gasteiger partial charge in [-0.3, -0.25) is 0 Å². The summed E-state index contributed by atoms with van der Waals surface area (Å²) in [5.74, 6) is 2.71. The summed E-state index contributed by atoms with van der Waals surface area (Å²) in [4.78, 5) is 8.46. The van der Waals surface area contributed by atoms with Gasteiger partial charge in [0.2, 0.25) is 0 Å². The first-order valence-electron chi connectivity index (χ1n) is 5.80. The van der Waals surface area contributed by atoms with Crippen molar-refractivity contribution in [3.8, 4) is 0 Å². The molecule has 0 aromatic carbocycles. The van der Waals surface area contributed by atoms with Gasteiger partial charge in [0.25, 0.3) is 0 Å². The summed E-state index contributed by atoms with van der Waals surface area (Å²) in [5.41, 5.74) is 0. The summed E-state index contributed by atoms with van der Waals surface area (Å²) in [7, 11) is 0. The van der Waals surface area contributed by atoms with E-state index in [2.05, 4.69) is 22.2 Å². The van der Waals surface area contributed by atoms with Crippen LogP contribution in [-0.2, 0) is 0 Å². The van der Waals surface area contributed by atoms with E-state index < -0.39 is 0 Å². The molecule has 3 heteroatoms. The predicted octanol–water partition coefficient (Wildman–Crippen LogP) is 2.78. The summed E-state index contributed by atoms with van der Waals surface area (Å²) in [6, 6.07) is 2.56. The van der Waals surface area contributed by atoms with Crippen LogP contribution in [-0.4, -0.2) is 16.0 Å². The number of nitrogens with one attached hydrogen (secondary N) is 1. The number of rotatable bonds is 2. The lowest BCUT2D eigenvalue weighted by Gasteiger charge is -2.27. The Bertz CT molecular complexity index is 316. The van der Waals surface area contributed by atoms with Gasteiger partial charge in [0.15, 0.2) is 0 Å². The topological polar surface area (TPSA) is 37.8 Å². The molecule has 1 aromatic heterocycles. The largest absolute Gasteiger partial charge is 0.367 e. The molecule has 1 heterocycles. The molecule has 1 N–H and O–H groups in total. The van der Waals surface area contributed by atoms with Crippen LogP contribution in [0.1, 0.15) is 38.4 Å².